The molecule has 0 aliphatic carbocycles. The van der Waals surface area contributed by atoms with Gasteiger partial charge < -0.3 is 0 Å². The maximum Gasteiger partial charge on any atom is 0.297 e. The Morgan fingerprint density at radius 2 is 1.85 bits per heavy atom. The summed E-state index contributed by atoms with van der Waals surface area (Å²) in [5.74, 6) is 0.466. The van der Waals surface area contributed by atoms with Crippen molar-refractivity contribution in [1.82, 2.24) is 14.3 Å². The molecule has 2 aromatic rings. The fraction of sp³-hybridized carbons (Fsp3) is 0.524. The van der Waals surface area contributed by atoms with Crippen molar-refractivity contribution >= 4 is 11.9 Å². The van der Waals surface area contributed by atoms with Crippen LogP contribution in [0.1, 0.15) is 37.8 Å². The Hall–Kier alpha value is -2.14. The molecule has 3 heterocycles. The summed E-state index contributed by atoms with van der Waals surface area (Å²) in [6.45, 7) is 4.42. The zero-order chi connectivity index (χ0) is 18.1. The molecule has 26 heavy (non-hydrogen) atoms. The molecule has 0 amide bonds. The summed E-state index contributed by atoms with van der Waals surface area (Å²) >= 11 is 0. The third-order valence-electron chi connectivity index (χ3n) is 6.06. The third-order valence-corrected chi connectivity index (χ3v) is 6.06. The van der Waals surface area contributed by atoms with Gasteiger partial charge in [-0.05, 0) is 57.8 Å². The second-order valence-corrected chi connectivity index (χ2v) is 7.59. The molecular weight excluding hydrogens is 324 g/mol. The lowest BCUT2D eigenvalue weighted by molar-refractivity contribution is 0.0870. The Bertz CT molecular complexity index is 847. The number of hydrogen-bond acceptors (Lipinski definition) is 3. The van der Waals surface area contributed by atoms with Crippen LogP contribution in [0.2, 0.25) is 0 Å². The summed E-state index contributed by atoms with van der Waals surface area (Å²) < 4.78 is 3.61. The highest BCUT2D eigenvalue weighted by Gasteiger charge is 2.32. The number of fused-ring (bicyclic) bond motifs is 1. The minimum absolute atomic E-state index is 0.0382. The van der Waals surface area contributed by atoms with E-state index in [4.69, 9.17) is 4.99 Å². The smallest absolute Gasteiger partial charge is 0.297 e. The Morgan fingerprint density at radius 3 is 2.65 bits per heavy atom. The van der Waals surface area contributed by atoms with Crippen molar-refractivity contribution in [2.75, 3.05) is 13.1 Å². The number of nitrogens with zero attached hydrogens (tertiary/aromatic N) is 4. The van der Waals surface area contributed by atoms with Crippen LogP contribution in [-0.2, 0) is 7.05 Å². The molecule has 5 nitrogen and oxygen atoms in total. The lowest BCUT2D eigenvalue weighted by atomic mass is 9.84. The summed E-state index contributed by atoms with van der Waals surface area (Å²) in [4.78, 5) is 20.3. The maximum absolute atomic E-state index is 13.0. The van der Waals surface area contributed by atoms with Crippen molar-refractivity contribution in [3.05, 3.63) is 46.4 Å². The zero-order valence-electron chi connectivity index (χ0n) is 15.8. The number of aromatic nitrogens is 2. The van der Waals surface area contributed by atoms with Crippen molar-refractivity contribution in [3.8, 4) is 5.69 Å². The van der Waals surface area contributed by atoms with Crippen molar-refractivity contribution in [2.24, 2.45) is 18.0 Å². The van der Waals surface area contributed by atoms with Crippen molar-refractivity contribution in [3.63, 3.8) is 0 Å². The molecule has 0 N–H and O–H groups in total. The first-order valence-electron chi connectivity index (χ1n) is 9.79. The topological polar surface area (TPSA) is 42.5 Å². The van der Waals surface area contributed by atoms with E-state index in [-0.39, 0.29) is 5.56 Å². The summed E-state index contributed by atoms with van der Waals surface area (Å²) in [6, 6.07) is 10.4. The molecule has 2 aliphatic rings. The first kappa shape index (κ1) is 17.3. The Balaban J connectivity index is 1.64. The number of hydrogen-bond donors (Lipinski definition) is 0. The van der Waals surface area contributed by atoms with Gasteiger partial charge in [-0.25, -0.2) is 4.68 Å². The lowest BCUT2D eigenvalue weighted by Gasteiger charge is -2.43. The van der Waals surface area contributed by atoms with Crippen LogP contribution in [0.5, 0.6) is 0 Å². The highest BCUT2D eigenvalue weighted by Crippen LogP contribution is 2.30. The molecule has 1 aromatic carbocycles. The van der Waals surface area contributed by atoms with Crippen molar-refractivity contribution in [2.45, 2.75) is 45.1 Å². The van der Waals surface area contributed by atoms with Crippen LogP contribution >= 0.6 is 0 Å². The number of aliphatic imine (C=N–C) groups is 1. The van der Waals surface area contributed by atoms with Gasteiger partial charge in [-0.1, -0.05) is 24.6 Å². The number of rotatable bonds is 3. The molecule has 2 fully saturated rings. The van der Waals surface area contributed by atoms with Gasteiger partial charge in [-0.2, -0.15) is 0 Å². The molecule has 2 saturated heterocycles. The van der Waals surface area contributed by atoms with E-state index < -0.39 is 0 Å². The monoisotopic (exact) mass is 352 g/mol. The second-order valence-electron chi connectivity index (χ2n) is 7.59. The van der Waals surface area contributed by atoms with Crippen LogP contribution in [0.25, 0.3) is 5.69 Å². The predicted octanol–water partition coefficient (Wildman–Crippen LogP) is 3.45. The molecule has 2 atom stereocenters. The van der Waals surface area contributed by atoms with Gasteiger partial charge in [-0.15, -0.1) is 0 Å². The Labute approximate surface area is 154 Å². The highest BCUT2D eigenvalue weighted by atomic mass is 16.1. The van der Waals surface area contributed by atoms with E-state index in [1.54, 1.807) is 4.68 Å². The molecule has 0 spiro atoms. The van der Waals surface area contributed by atoms with E-state index in [1.807, 2.05) is 49.0 Å². The summed E-state index contributed by atoms with van der Waals surface area (Å²) in [7, 11) is 1.92. The third kappa shape index (κ3) is 3.05. The SMILES string of the molecule is Cc1c(N=C[C@H]2CCCN3CCCC[C@H]23)c(=O)n(-c2ccccc2)n1C. The van der Waals surface area contributed by atoms with Gasteiger partial charge in [0, 0.05) is 25.2 Å². The standard InChI is InChI=1S/C21H28N4O/c1-16-20(21(26)25(23(16)2)18-10-4-3-5-11-18)22-15-17-9-8-14-24-13-7-6-12-19(17)24/h3-5,10-11,15,17,19H,6-9,12-14H2,1-2H3/t17-,19-/m1/s1. The minimum Gasteiger partial charge on any atom is -0.300 e. The van der Waals surface area contributed by atoms with Gasteiger partial charge in [0.2, 0.25) is 0 Å². The van der Waals surface area contributed by atoms with Crippen molar-refractivity contribution in [1.29, 1.82) is 0 Å². The average Bonchev–Trinajstić information content (AvgIpc) is 2.89. The predicted molar refractivity (Wildman–Crippen MR) is 106 cm³/mol. The Morgan fingerprint density at radius 1 is 1.08 bits per heavy atom. The highest BCUT2D eigenvalue weighted by molar-refractivity contribution is 5.67. The normalized spacial score (nSPS) is 24.1. The fourth-order valence-electron chi connectivity index (χ4n) is 4.55. The van der Waals surface area contributed by atoms with Gasteiger partial charge >= 0.3 is 0 Å². The van der Waals surface area contributed by atoms with E-state index >= 15 is 0 Å². The van der Waals surface area contributed by atoms with Gasteiger partial charge in [0.05, 0.1) is 11.4 Å². The molecule has 0 radical (unpaired) electrons. The van der Waals surface area contributed by atoms with E-state index in [2.05, 4.69) is 11.1 Å². The van der Waals surface area contributed by atoms with Crippen LogP contribution < -0.4 is 5.56 Å². The van der Waals surface area contributed by atoms with Crippen LogP contribution in [0.3, 0.4) is 0 Å². The van der Waals surface area contributed by atoms with Gasteiger partial charge in [-0.3, -0.25) is 19.4 Å². The molecule has 4 rings (SSSR count). The molecular formula is C21H28N4O. The lowest BCUT2D eigenvalue weighted by Crippen LogP contribution is -2.48. The van der Waals surface area contributed by atoms with Gasteiger partial charge in [0.25, 0.3) is 5.56 Å². The summed E-state index contributed by atoms with van der Waals surface area (Å²) in [5, 5.41) is 0. The van der Waals surface area contributed by atoms with Crippen LogP contribution in [0.4, 0.5) is 5.69 Å². The number of para-hydroxylation sites is 1. The molecule has 0 saturated carbocycles. The van der Waals surface area contributed by atoms with Gasteiger partial charge in [0.1, 0.15) is 0 Å². The molecule has 0 unspecified atom stereocenters. The first-order chi connectivity index (χ1) is 12.7. The second kappa shape index (κ2) is 7.23. The first-order valence-corrected chi connectivity index (χ1v) is 9.79. The molecule has 2 aliphatic heterocycles. The largest absolute Gasteiger partial charge is 0.300 e. The minimum atomic E-state index is -0.0382. The van der Waals surface area contributed by atoms with Crippen LogP contribution in [-0.4, -0.2) is 39.6 Å². The quantitative estimate of drug-likeness (QED) is 0.794. The molecule has 1 aromatic heterocycles. The zero-order valence-corrected chi connectivity index (χ0v) is 15.8. The van der Waals surface area contributed by atoms with E-state index in [0.29, 0.717) is 17.6 Å². The molecule has 5 heteroatoms. The van der Waals surface area contributed by atoms with Gasteiger partial charge in [0.15, 0.2) is 5.69 Å². The fourth-order valence-corrected chi connectivity index (χ4v) is 4.55. The number of piperidine rings is 2. The van der Waals surface area contributed by atoms with Crippen molar-refractivity contribution < 1.29 is 0 Å². The molecule has 0 bridgehead atoms. The van der Waals surface area contributed by atoms with E-state index in [1.165, 1.54) is 45.2 Å². The average molecular weight is 352 g/mol. The Kier molecular flexibility index (Phi) is 4.81. The van der Waals surface area contributed by atoms with Crippen LogP contribution in [0, 0.1) is 12.8 Å². The maximum atomic E-state index is 13.0. The van der Waals surface area contributed by atoms with Crippen LogP contribution in [0.15, 0.2) is 40.1 Å². The number of benzene rings is 1. The summed E-state index contributed by atoms with van der Waals surface area (Å²) in [5.41, 5.74) is 2.32. The molecule has 138 valence electrons. The summed E-state index contributed by atoms with van der Waals surface area (Å²) in [6.07, 6.45) is 8.38. The van der Waals surface area contributed by atoms with E-state index in [9.17, 15) is 4.79 Å². The van der Waals surface area contributed by atoms with E-state index in [0.717, 1.165) is 11.4 Å².